The van der Waals surface area contributed by atoms with Crippen molar-refractivity contribution in [2.45, 2.75) is 19.8 Å². The van der Waals surface area contributed by atoms with Crippen LogP contribution in [-0.2, 0) is 6.42 Å². The van der Waals surface area contributed by atoms with Crippen molar-refractivity contribution >= 4 is 27.2 Å². The predicted octanol–water partition coefficient (Wildman–Crippen LogP) is 4.63. The van der Waals surface area contributed by atoms with E-state index in [2.05, 4.69) is 48.6 Å². The molecular formula is C17H16N2S. The lowest BCUT2D eigenvalue weighted by Gasteiger charge is -2.18. The van der Waals surface area contributed by atoms with Crippen molar-refractivity contribution < 1.29 is 0 Å². The zero-order valence-corrected chi connectivity index (χ0v) is 12.3. The van der Waals surface area contributed by atoms with E-state index in [9.17, 15) is 0 Å². The summed E-state index contributed by atoms with van der Waals surface area (Å²) in [5.41, 5.74) is 6.35. The maximum absolute atomic E-state index is 4.77. The first-order valence-electron chi connectivity index (χ1n) is 7.04. The summed E-state index contributed by atoms with van der Waals surface area (Å²) < 4.78 is 1.27. The van der Waals surface area contributed by atoms with Gasteiger partial charge in [-0.1, -0.05) is 6.07 Å². The molecule has 0 saturated carbocycles. The number of aryl methyl sites for hydroxylation is 2. The molecule has 0 aliphatic carbocycles. The monoisotopic (exact) mass is 280 g/mol. The maximum Gasteiger partial charge on any atom is 0.124 e. The smallest absolute Gasteiger partial charge is 0.124 e. The van der Waals surface area contributed by atoms with Crippen LogP contribution in [0.1, 0.15) is 17.5 Å². The number of hydrogen-bond acceptors (Lipinski definition) is 3. The van der Waals surface area contributed by atoms with Gasteiger partial charge < -0.3 is 5.32 Å². The first-order valence-corrected chi connectivity index (χ1v) is 7.86. The lowest BCUT2D eigenvalue weighted by molar-refractivity contribution is 0.830. The molecule has 0 bridgehead atoms. The van der Waals surface area contributed by atoms with Crippen LogP contribution in [0.15, 0.2) is 36.4 Å². The van der Waals surface area contributed by atoms with Crippen molar-refractivity contribution in [2.75, 3.05) is 11.9 Å². The number of fused-ring (bicyclic) bond motifs is 2. The first-order chi connectivity index (χ1) is 9.79. The summed E-state index contributed by atoms with van der Waals surface area (Å²) in [4.78, 5) is 4.77. The minimum absolute atomic E-state index is 1.09. The Kier molecular flexibility index (Phi) is 2.74. The predicted molar refractivity (Wildman–Crippen MR) is 86.6 cm³/mol. The highest BCUT2D eigenvalue weighted by molar-refractivity contribution is 7.21. The highest BCUT2D eigenvalue weighted by Gasteiger charge is 2.12. The topological polar surface area (TPSA) is 24.9 Å². The third kappa shape index (κ3) is 1.98. The van der Waals surface area contributed by atoms with Gasteiger partial charge in [0.2, 0.25) is 0 Å². The lowest BCUT2D eigenvalue weighted by atomic mass is 10.0. The van der Waals surface area contributed by atoms with Gasteiger partial charge in [0.25, 0.3) is 0 Å². The highest BCUT2D eigenvalue weighted by Crippen LogP contribution is 2.33. The summed E-state index contributed by atoms with van der Waals surface area (Å²) in [7, 11) is 0. The Bertz CT molecular complexity index is 789. The standard InChI is InChI=1S/C17H16N2S/c1-11-4-6-15-16(9-11)20-17(19-15)13-5-7-14-12(10-13)3-2-8-18-14/h4-7,9-10,18H,2-3,8H2,1H3. The summed E-state index contributed by atoms with van der Waals surface area (Å²) in [5.74, 6) is 0. The van der Waals surface area contributed by atoms with E-state index in [-0.39, 0.29) is 0 Å². The van der Waals surface area contributed by atoms with Crippen molar-refractivity contribution in [1.29, 1.82) is 0 Å². The molecule has 1 N–H and O–H groups in total. The maximum atomic E-state index is 4.77. The molecule has 0 fully saturated rings. The average Bonchev–Trinajstić information content (AvgIpc) is 2.89. The van der Waals surface area contributed by atoms with Crippen molar-refractivity contribution in [3.8, 4) is 10.6 Å². The Labute approximate surface area is 122 Å². The summed E-state index contributed by atoms with van der Waals surface area (Å²) >= 11 is 1.78. The third-order valence-electron chi connectivity index (χ3n) is 3.83. The molecule has 0 spiro atoms. The molecule has 0 amide bonds. The van der Waals surface area contributed by atoms with Crippen LogP contribution in [0, 0.1) is 6.92 Å². The van der Waals surface area contributed by atoms with Gasteiger partial charge in [-0.05, 0) is 61.2 Å². The second-order valence-electron chi connectivity index (χ2n) is 5.39. The number of thiazole rings is 1. The van der Waals surface area contributed by atoms with Gasteiger partial charge in [-0.25, -0.2) is 4.98 Å². The van der Waals surface area contributed by atoms with Gasteiger partial charge >= 0.3 is 0 Å². The molecule has 0 radical (unpaired) electrons. The number of nitrogens with zero attached hydrogens (tertiary/aromatic N) is 1. The molecule has 0 saturated heterocycles. The lowest BCUT2D eigenvalue weighted by Crippen LogP contribution is -2.11. The molecule has 0 unspecified atom stereocenters. The number of aromatic nitrogens is 1. The fourth-order valence-corrected chi connectivity index (χ4v) is 3.82. The van der Waals surface area contributed by atoms with Crippen LogP contribution in [0.3, 0.4) is 0 Å². The number of hydrogen-bond donors (Lipinski definition) is 1. The molecule has 1 aliphatic rings. The second-order valence-corrected chi connectivity index (χ2v) is 6.42. The minimum Gasteiger partial charge on any atom is -0.385 e. The molecule has 4 rings (SSSR count). The fourth-order valence-electron chi connectivity index (χ4n) is 2.76. The molecule has 2 aromatic carbocycles. The van der Waals surface area contributed by atoms with Crippen LogP contribution >= 0.6 is 11.3 Å². The SMILES string of the molecule is Cc1ccc2nc(-c3ccc4c(c3)CCCN4)sc2c1. The van der Waals surface area contributed by atoms with Gasteiger partial charge in [0.15, 0.2) is 0 Å². The summed E-state index contributed by atoms with van der Waals surface area (Å²) in [6.45, 7) is 3.22. The zero-order valence-electron chi connectivity index (χ0n) is 11.4. The van der Waals surface area contributed by atoms with E-state index in [0.29, 0.717) is 0 Å². The minimum atomic E-state index is 1.09. The molecule has 1 aromatic heterocycles. The molecule has 2 heterocycles. The van der Waals surface area contributed by atoms with E-state index < -0.39 is 0 Å². The van der Waals surface area contributed by atoms with E-state index in [1.165, 1.54) is 39.9 Å². The van der Waals surface area contributed by atoms with Crippen LogP contribution in [0.25, 0.3) is 20.8 Å². The summed E-state index contributed by atoms with van der Waals surface area (Å²) in [6, 6.07) is 13.1. The normalized spacial score (nSPS) is 14.1. The Morgan fingerprint density at radius 2 is 2.10 bits per heavy atom. The molecule has 20 heavy (non-hydrogen) atoms. The number of nitrogens with one attached hydrogen (secondary N) is 1. The Morgan fingerprint density at radius 3 is 3.05 bits per heavy atom. The van der Waals surface area contributed by atoms with Gasteiger partial charge in [0.05, 0.1) is 10.2 Å². The van der Waals surface area contributed by atoms with Crippen molar-refractivity contribution in [2.24, 2.45) is 0 Å². The number of rotatable bonds is 1. The van der Waals surface area contributed by atoms with Gasteiger partial charge in [0, 0.05) is 17.8 Å². The Hall–Kier alpha value is -1.87. The zero-order chi connectivity index (χ0) is 13.5. The Balaban J connectivity index is 1.82. The molecule has 2 nitrogen and oxygen atoms in total. The van der Waals surface area contributed by atoms with Gasteiger partial charge in [-0.2, -0.15) is 0 Å². The molecule has 3 aromatic rings. The Morgan fingerprint density at radius 1 is 1.15 bits per heavy atom. The van der Waals surface area contributed by atoms with Crippen LogP contribution in [0.4, 0.5) is 5.69 Å². The summed E-state index contributed by atoms with van der Waals surface area (Å²) in [6.07, 6.45) is 2.38. The van der Waals surface area contributed by atoms with Gasteiger partial charge in [-0.3, -0.25) is 0 Å². The van der Waals surface area contributed by atoms with Crippen molar-refractivity contribution in [3.63, 3.8) is 0 Å². The fraction of sp³-hybridized carbons (Fsp3) is 0.235. The van der Waals surface area contributed by atoms with Crippen molar-refractivity contribution in [1.82, 2.24) is 4.98 Å². The van der Waals surface area contributed by atoms with Crippen molar-refractivity contribution in [3.05, 3.63) is 47.5 Å². The first kappa shape index (κ1) is 11.9. The molecule has 3 heteroatoms. The van der Waals surface area contributed by atoms with Gasteiger partial charge in [-0.15, -0.1) is 11.3 Å². The molecular weight excluding hydrogens is 264 g/mol. The third-order valence-corrected chi connectivity index (χ3v) is 4.90. The molecule has 0 atom stereocenters. The van der Waals surface area contributed by atoms with Crippen LogP contribution in [0.5, 0.6) is 0 Å². The summed E-state index contributed by atoms with van der Waals surface area (Å²) in [5, 5.41) is 4.58. The van der Waals surface area contributed by atoms with E-state index in [4.69, 9.17) is 4.98 Å². The quantitative estimate of drug-likeness (QED) is 0.703. The van der Waals surface area contributed by atoms with Crippen LogP contribution in [-0.4, -0.2) is 11.5 Å². The highest BCUT2D eigenvalue weighted by atomic mass is 32.1. The van der Waals surface area contributed by atoms with Gasteiger partial charge in [0.1, 0.15) is 5.01 Å². The molecule has 1 aliphatic heterocycles. The van der Waals surface area contributed by atoms with Crippen LogP contribution in [0.2, 0.25) is 0 Å². The van der Waals surface area contributed by atoms with Crippen LogP contribution < -0.4 is 5.32 Å². The van der Waals surface area contributed by atoms with E-state index in [0.717, 1.165) is 17.1 Å². The number of benzene rings is 2. The second kappa shape index (κ2) is 4.60. The van der Waals surface area contributed by atoms with E-state index >= 15 is 0 Å². The average molecular weight is 280 g/mol. The van der Waals surface area contributed by atoms with E-state index in [1.54, 1.807) is 11.3 Å². The van der Waals surface area contributed by atoms with E-state index in [1.807, 2.05) is 0 Å². The largest absolute Gasteiger partial charge is 0.385 e. The number of anilines is 1. The molecule has 100 valence electrons.